The third-order valence-electron chi connectivity index (χ3n) is 4.16. The van der Waals surface area contributed by atoms with Gasteiger partial charge in [0.25, 0.3) is 5.91 Å². The van der Waals surface area contributed by atoms with E-state index in [9.17, 15) is 18.0 Å². The van der Waals surface area contributed by atoms with Crippen molar-refractivity contribution in [3.05, 3.63) is 41.1 Å². The van der Waals surface area contributed by atoms with Crippen molar-refractivity contribution in [2.24, 2.45) is 0 Å². The number of para-hydroxylation sites is 1. The smallest absolute Gasteiger partial charge is 0.370 e. The highest BCUT2D eigenvalue weighted by molar-refractivity contribution is 6.07. The number of pyridine rings is 1. The van der Waals surface area contributed by atoms with Gasteiger partial charge in [0.05, 0.1) is 17.7 Å². The number of amides is 1. The highest BCUT2D eigenvalue weighted by Crippen LogP contribution is 2.29. The quantitative estimate of drug-likeness (QED) is 0.897. The maximum absolute atomic E-state index is 12.8. The molecule has 0 fully saturated rings. The van der Waals surface area contributed by atoms with E-state index in [1.54, 1.807) is 6.92 Å². The molecule has 1 aromatic carbocycles. The van der Waals surface area contributed by atoms with Gasteiger partial charge >= 0.3 is 6.18 Å². The van der Waals surface area contributed by atoms with Crippen molar-refractivity contribution >= 4 is 16.8 Å². The number of hydrogen-bond donors (Lipinski definition) is 1. The van der Waals surface area contributed by atoms with Gasteiger partial charge in [-0.25, -0.2) is 0 Å². The van der Waals surface area contributed by atoms with E-state index in [-0.39, 0.29) is 12.5 Å². The number of benzene rings is 1. The minimum atomic E-state index is -4.37. The van der Waals surface area contributed by atoms with Crippen LogP contribution in [-0.2, 0) is 17.6 Å². The highest BCUT2D eigenvalue weighted by atomic mass is 19.4. The molecule has 1 amide bonds. The van der Waals surface area contributed by atoms with Crippen molar-refractivity contribution < 1.29 is 22.7 Å². The number of halogens is 3. The molecule has 0 spiro atoms. The second-order valence-corrected chi connectivity index (χ2v) is 6.29. The highest BCUT2D eigenvalue weighted by Gasteiger charge is 2.28. The van der Waals surface area contributed by atoms with Gasteiger partial charge in [0.1, 0.15) is 6.61 Å². The lowest BCUT2D eigenvalue weighted by Gasteiger charge is -2.17. The van der Waals surface area contributed by atoms with E-state index in [4.69, 9.17) is 0 Å². The summed E-state index contributed by atoms with van der Waals surface area (Å²) in [5.41, 5.74) is 3.22. The summed E-state index contributed by atoms with van der Waals surface area (Å²) in [6, 6.07) is 6.89. The van der Waals surface area contributed by atoms with E-state index in [0.29, 0.717) is 5.56 Å². The molecule has 4 nitrogen and oxygen atoms in total. The van der Waals surface area contributed by atoms with E-state index < -0.39 is 18.8 Å². The van der Waals surface area contributed by atoms with Crippen molar-refractivity contribution in [3.8, 4) is 0 Å². The van der Waals surface area contributed by atoms with Crippen LogP contribution in [0.1, 0.15) is 35.0 Å². The number of hydrogen-bond acceptors (Lipinski definition) is 3. The molecule has 1 aliphatic carbocycles. The first-order valence-electron chi connectivity index (χ1n) is 8.21. The summed E-state index contributed by atoms with van der Waals surface area (Å²) in [5.74, 6) is -0.292. The number of alkyl halides is 3. The second-order valence-electron chi connectivity index (χ2n) is 6.29. The maximum Gasteiger partial charge on any atom is 0.411 e. The van der Waals surface area contributed by atoms with E-state index in [1.165, 1.54) is 0 Å². The molecule has 1 heterocycles. The lowest BCUT2D eigenvalue weighted by Crippen LogP contribution is -2.37. The molecule has 1 aromatic heterocycles. The van der Waals surface area contributed by atoms with Crippen LogP contribution in [0.25, 0.3) is 10.9 Å². The van der Waals surface area contributed by atoms with Crippen molar-refractivity contribution in [1.29, 1.82) is 0 Å². The number of rotatable bonds is 5. The van der Waals surface area contributed by atoms with E-state index >= 15 is 0 Å². The van der Waals surface area contributed by atoms with E-state index in [1.807, 2.05) is 24.3 Å². The Kier molecular flexibility index (Phi) is 4.94. The van der Waals surface area contributed by atoms with Gasteiger partial charge in [-0.1, -0.05) is 18.2 Å². The Morgan fingerprint density at radius 3 is 2.84 bits per heavy atom. The molecule has 25 heavy (non-hydrogen) atoms. The third kappa shape index (κ3) is 4.10. The Labute approximate surface area is 143 Å². The van der Waals surface area contributed by atoms with Crippen LogP contribution in [0.2, 0.25) is 0 Å². The van der Waals surface area contributed by atoms with Crippen LogP contribution in [-0.4, -0.2) is 36.3 Å². The summed E-state index contributed by atoms with van der Waals surface area (Å²) in [5, 5.41) is 3.51. The van der Waals surface area contributed by atoms with Crippen molar-refractivity contribution in [2.45, 2.75) is 38.4 Å². The fourth-order valence-corrected chi connectivity index (χ4v) is 3.16. The maximum atomic E-state index is 12.8. The molecule has 1 aliphatic rings. The standard InChI is InChI=1S/C18H19F3N2O2/c1-11(9-25-10-18(19,20)21)22-17(24)16-12-5-2-3-7-14(12)23-15-8-4-6-13(15)16/h2-3,5,7,11H,4,6,8-10H2,1H3,(H,22,24). The molecule has 0 saturated carbocycles. The van der Waals surface area contributed by atoms with Crippen LogP contribution < -0.4 is 5.32 Å². The van der Waals surface area contributed by atoms with Gasteiger partial charge in [0.15, 0.2) is 0 Å². The summed E-state index contributed by atoms with van der Waals surface area (Å²) >= 11 is 0. The van der Waals surface area contributed by atoms with E-state index in [0.717, 1.165) is 41.4 Å². The summed E-state index contributed by atoms with van der Waals surface area (Å²) in [7, 11) is 0. The number of aryl methyl sites for hydroxylation is 1. The number of carbonyl (C=O) groups excluding carboxylic acids is 1. The third-order valence-corrected chi connectivity index (χ3v) is 4.16. The number of nitrogens with one attached hydrogen (secondary N) is 1. The second kappa shape index (κ2) is 7.00. The van der Waals surface area contributed by atoms with Crippen molar-refractivity contribution in [3.63, 3.8) is 0 Å². The lowest BCUT2D eigenvalue weighted by atomic mass is 10.0. The van der Waals surface area contributed by atoms with Gasteiger partial charge in [0.2, 0.25) is 0 Å². The summed E-state index contributed by atoms with van der Waals surface area (Å²) in [6.45, 7) is 0.106. The zero-order valence-electron chi connectivity index (χ0n) is 13.8. The average Bonchev–Trinajstić information content (AvgIpc) is 2.98. The molecule has 2 aromatic rings. The van der Waals surface area contributed by atoms with Crippen LogP contribution in [0.3, 0.4) is 0 Å². The number of ether oxygens (including phenoxy) is 1. The summed E-state index contributed by atoms with van der Waals surface area (Å²) in [6.07, 6.45) is -1.80. The molecule has 7 heteroatoms. The molecule has 0 bridgehead atoms. The predicted molar refractivity (Wildman–Crippen MR) is 87.6 cm³/mol. The molecule has 1 atom stereocenters. The zero-order valence-corrected chi connectivity index (χ0v) is 13.8. The van der Waals surface area contributed by atoms with Crippen molar-refractivity contribution in [2.75, 3.05) is 13.2 Å². The average molecular weight is 352 g/mol. The van der Waals surface area contributed by atoms with Crippen molar-refractivity contribution in [1.82, 2.24) is 10.3 Å². The lowest BCUT2D eigenvalue weighted by molar-refractivity contribution is -0.174. The monoisotopic (exact) mass is 352 g/mol. The molecule has 0 aliphatic heterocycles. The predicted octanol–water partition coefficient (Wildman–Crippen LogP) is 3.42. The normalized spacial score (nSPS) is 15.2. The number of nitrogens with zero attached hydrogens (tertiary/aromatic N) is 1. The Balaban J connectivity index is 1.78. The minimum absolute atomic E-state index is 0.198. The largest absolute Gasteiger partial charge is 0.411 e. The molecule has 0 saturated heterocycles. The molecular weight excluding hydrogens is 333 g/mol. The van der Waals surface area contributed by atoms with Crippen LogP contribution >= 0.6 is 0 Å². The topological polar surface area (TPSA) is 51.2 Å². The summed E-state index contributed by atoms with van der Waals surface area (Å²) in [4.78, 5) is 17.4. The fourth-order valence-electron chi connectivity index (χ4n) is 3.16. The zero-order chi connectivity index (χ0) is 18.0. The number of carbonyl (C=O) groups is 1. The Morgan fingerprint density at radius 1 is 1.32 bits per heavy atom. The Hall–Kier alpha value is -2.15. The van der Waals surface area contributed by atoms with Gasteiger partial charge in [-0.2, -0.15) is 13.2 Å². The van der Waals surface area contributed by atoms with Crippen LogP contribution in [0.5, 0.6) is 0 Å². The van der Waals surface area contributed by atoms with Crippen LogP contribution in [0.15, 0.2) is 24.3 Å². The van der Waals surface area contributed by atoms with Gasteiger partial charge in [-0.05, 0) is 37.8 Å². The first kappa shape index (κ1) is 17.7. The first-order valence-corrected chi connectivity index (χ1v) is 8.21. The van der Waals surface area contributed by atoms with Gasteiger partial charge < -0.3 is 10.1 Å². The van der Waals surface area contributed by atoms with Gasteiger partial charge in [-0.3, -0.25) is 9.78 Å². The molecule has 1 unspecified atom stereocenters. The molecule has 0 radical (unpaired) electrons. The molecule has 134 valence electrons. The SMILES string of the molecule is CC(COCC(F)(F)F)NC(=O)c1c2c(nc3ccccc13)CCC2. The first-order chi connectivity index (χ1) is 11.8. The molecular formula is C18H19F3N2O2. The fraction of sp³-hybridized carbons (Fsp3) is 0.444. The Bertz CT molecular complexity index is 790. The summed E-state index contributed by atoms with van der Waals surface area (Å²) < 4.78 is 41.0. The molecule has 3 rings (SSSR count). The number of fused-ring (bicyclic) bond motifs is 2. The van der Waals surface area contributed by atoms with Gasteiger partial charge in [-0.15, -0.1) is 0 Å². The van der Waals surface area contributed by atoms with Gasteiger partial charge in [0, 0.05) is 17.1 Å². The minimum Gasteiger partial charge on any atom is -0.370 e. The Morgan fingerprint density at radius 2 is 2.08 bits per heavy atom. The number of aromatic nitrogens is 1. The van der Waals surface area contributed by atoms with E-state index in [2.05, 4.69) is 15.0 Å². The van der Waals surface area contributed by atoms with Crippen LogP contribution in [0.4, 0.5) is 13.2 Å². The molecule has 1 N–H and O–H groups in total. The van der Waals surface area contributed by atoms with Crippen LogP contribution in [0, 0.1) is 0 Å².